The van der Waals surface area contributed by atoms with E-state index in [1.54, 1.807) is 0 Å². The minimum Gasteiger partial charge on any atom is -0.481 e. The fourth-order valence-corrected chi connectivity index (χ4v) is 7.55. The Labute approximate surface area is 258 Å². The Morgan fingerprint density at radius 2 is 1.46 bits per heavy atom. The fraction of sp³-hybridized carbons (Fsp3) is 0.424. The second-order valence-electron chi connectivity index (χ2n) is 13.0. The molecule has 3 aliphatic rings. The van der Waals surface area contributed by atoms with Crippen molar-refractivity contribution < 1.29 is 23.9 Å². The second kappa shape index (κ2) is 10.8. The first kappa shape index (κ1) is 29.8. The molecule has 2 aromatic carbocycles. The zero-order valence-corrected chi connectivity index (χ0v) is 27.5. The van der Waals surface area contributed by atoms with Crippen LogP contribution in [0.1, 0.15) is 76.0 Å². The molecular weight excluding hydrogens is 650 g/mol. The van der Waals surface area contributed by atoms with E-state index in [4.69, 9.17) is 9.47 Å². The van der Waals surface area contributed by atoms with Crippen molar-refractivity contribution in [1.82, 2.24) is 0 Å². The van der Waals surface area contributed by atoms with Crippen LogP contribution >= 0.6 is 31.9 Å². The Morgan fingerprint density at radius 3 is 2.00 bits per heavy atom. The van der Waals surface area contributed by atoms with Gasteiger partial charge in [0, 0.05) is 48.4 Å². The Kier molecular flexibility index (Phi) is 7.88. The molecule has 216 valence electrons. The van der Waals surface area contributed by atoms with E-state index in [0.29, 0.717) is 63.0 Å². The predicted octanol–water partition coefficient (Wildman–Crippen LogP) is 8.25. The molecule has 8 heteroatoms. The molecule has 2 aromatic rings. The van der Waals surface area contributed by atoms with E-state index in [0.717, 1.165) is 22.4 Å². The molecule has 0 aromatic heterocycles. The highest BCUT2D eigenvalue weighted by Crippen LogP contribution is 2.54. The van der Waals surface area contributed by atoms with E-state index < -0.39 is 5.92 Å². The molecule has 1 N–H and O–H groups in total. The van der Waals surface area contributed by atoms with Gasteiger partial charge in [-0.05, 0) is 91.4 Å². The average molecular weight is 685 g/mol. The lowest BCUT2D eigenvalue weighted by atomic mass is 9.65. The summed E-state index contributed by atoms with van der Waals surface area (Å²) in [6.45, 7) is 12.1. The lowest BCUT2D eigenvalue weighted by Gasteiger charge is -2.42. The van der Waals surface area contributed by atoms with Crippen LogP contribution in [0.3, 0.4) is 0 Å². The van der Waals surface area contributed by atoms with Crippen LogP contribution in [0.15, 0.2) is 61.9 Å². The number of ketones is 2. The van der Waals surface area contributed by atoms with E-state index in [-0.39, 0.29) is 34.9 Å². The molecule has 2 aliphatic carbocycles. The number of hydrogen-bond acceptors (Lipinski definition) is 5. The number of Topliss-reactive ketones (excluding diaryl/α,β-unsaturated/α-hetero) is 2. The first-order valence-corrected chi connectivity index (χ1v) is 15.4. The van der Waals surface area contributed by atoms with Gasteiger partial charge in [0.1, 0.15) is 17.3 Å². The van der Waals surface area contributed by atoms with Crippen LogP contribution in [-0.2, 0) is 19.1 Å². The molecule has 0 atom stereocenters. The van der Waals surface area contributed by atoms with Crippen LogP contribution in [-0.4, -0.2) is 24.1 Å². The molecule has 1 heterocycles. The molecule has 0 unspecified atom stereocenters. The number of amides is 1. The summed E-state index contributed by atoms with van der Waals surface area (Å²) in [5, 5.41) is 2.91. The van der Waals surface area contributed by atoms with Crippen molar-refractivity contribution in [3.05, 3.63) is 78.6 Å². The Hall–Kier alpha value is -2.71. The number of benzene rings is 2. The van der Waals surface area contributed by atoms with Gasteiger partial charge in [-0.1, -0.05) is 39.8 Å². The maximum atomic E-state index is 13.6. The van der Waals surface area contributed by atoms with E-state index >= 15 is 0 Å². The van der Waals surface area contributed by atoms with Crippen LogP contribution in [0, 0.1) is 24.7 Å². The van der Waals surface area contributed by atoms with E-state index in [1.807, 2.05) is 44.2 Å². The van der Waals surface area contributed by atoms with Gasteiger partial charge in [-0.2, -0.15) is 0 Å². The minimum atomic E-state index is -0.518. The molecule has 6 nitrogen and oxygen atoms in total. The number of carbonyl (C=O) groups is 3. The number of halogens is 2. The van der Waals surface area contributed by atoms with Crippen LogP contribution in [0.25, 0.3) is 0 Å². The number of anilines is 1. The van der Waals surface area contributed by atoms with Gasteiger partial charge in [-0.25, -0.2) is 0 Å². The van der Waals surface area contributed by atoms with Gasteiger partial charge in [0.25, 0.3) is 5.91 Å². The average Bonchev–Trinajstić information content (AvgIpc) is 2.83. The summed E-state index contributed by atoms with van der Waals surface area (Å²) < 4.78 is 13.6. The Morgan fingerprint density at radius 1 is 0.927 bits per heavy atom. The maximum absolute atomic E-state index is 13.6. The summed E-state index contributed by atoms with van der Waals surface area (Å²) in [7, 11) is 0. The highest BCUT2D eigenvalue weighted by Gasteiger charge is 2.48. The molecule has 0 saturated heterocycles. The van der Waals surface area contributed by atoms with Crippen molar-refractivity contribution in [3.63, 3.8) is 0 Å². The molecule has 0 saturated carbocycles. The molecule has 0 fully saturated rings. The van der Waals surface area contributed by atoms with Gasteiger partial charge in [-0.3, -0.25) is 14.4 Å². The first-order valence-electron chi connectivity index (χ1n) is 13.8. The number of ether oxygens (including phenoxy) is 2. The van der Waals surface area contributed by atoms with Gasteiger partial charge in [-0.15, -0.1) is 0 Å². The molecular formula is C33H35Br2NO5. The number of carbonyl (C=O) groups excluding carboxylic acids is 3. The van der Waals surface area contributed by atoms with Crippen LogP contribution in [0.2, 0.25) is 0 Å². The molecule has 1 aliphatic heterocycles. The van der Waals surface area contributed by atoms with Gasteiger partial charge in [0.05, 0.1) is 8.95 Å². The lowest BCUT2D eigenvalue weighted by Crippen LogP contribution is -2.37. The van der Waals surface area contributed by atoms with Gasteiger partial charge in [0.15, 0.2) is 18.2 Å². The largest absolute Gasteiger partial charge is 0.481 e. The molecule has 0 radical (unpaired) electrons. The summed E-state index contributed by atoms with van der Waals surface area (Å²) >= 11 is 7.25. The van der Waals surface area contributed by atoms with Crippen molar-refractivity contribution in [2.24, 2.45) is 10.8 Å². The first-order chi connectivity index (χ1) is 19.2. The molecule has 0 spiro atoms. The standard InChI is InChI=1S/C33H35Br2NO5/c1-17-8-7-9-22(18(17)2)36-27(39)16-40-31-20(34)10-19(11-21(31)35)28-29-23(37)12-32(3,4)14-25(29)41-26-15-33(5,6)13-24(38)30(26)28/h7-11,28H,12-16H2,1-6H3,(H,36,39). The van der Waals surface area contributed by atoms with Crippen molar-refractivity contribution in [2.45, 2.75) is 73.1 Å². The van der Waals surface area contributed by atoms with Gasteiger partial charge < -0.3 is 14.8 Å². The maximum Gasteiger partial charge on any atom is 0.262 e. The monoisotopic (exact) mass is 683 g/mol. The van der Waals surface area contributed by atoms with Crippen molar-refractivity contribution >= 4 is 55.0 Å². The normalized spacial score (nSPS) is 19.9. The Bertz CT molecular complexity index is 1470. The topological polar surface area (TPSA) is 81.7 Å². The molecule has 1 amide bonds. The highest BCUT2D eigenvalue weighted by atomic mass is 79.9. The van der Waals surface area contributed by atoms with Crippen LogP contribution < -0.4 is 10.1 Å². The Balaban J connectivity index is 1.47. The summed E-state index contributed by atoms with van der Waals surface area (Å²) in [5.41, 5.74) is 4.36. The van der Waals surface area contributed by atoms with Crippen LogP contribution in [0.5, 0.6) is 5.75 Å². The molecule has 0 bridgehead atoms. The number of aryl methyl sites for hydroxylation is 1. The highest BCUT2D eigenvalue weighted by molar-refractivity contribution is 9.11. The number of nitrogens with one attached hydrogen (secondary N) is 1. The number of hydrogen-bond donors (Lipinski definition) is 1. The predicted molar refractivity (Wildman–Crippen MR) is 166 cm³/mol. The minimum absolute atomic E-state index is 0.0149. The summed E-state index contributed by atoms with van der Waals surface area (Å²) in [6, 6.07) is 9.53. The van der Waals surface area contributed by atoms with Gasteiger partial charge in [0.2, 0.25) is 0 Å². The third-order valence-electron chi connectivity index (χ3n) is 8.16. The van der Waals surface area contributed by atoms with Crippen molar-refractivity contribution in [1.29, 1.82) is 0 Å². The second-order valence-corrected chi connectivity index (χ2v) is 14.7. The smallest absolute Gasteiger partial charge is 0.262 e. The zero-order chi connectivity index (χ0) is 29.9. The van der Waals surface area contributed by atoms with Gasteiger partial charge >= 0.3 is 0 Å². The SMILES string of the molecule is Cc1cccc(NC(=O)COc2c(Br)cc(C3C4=C(CC(C)(C)CC4=O)OC4=C3C(=O)CC(C)(C)C4)cc2Br)c1C. The van der Waals surface area contributed by atoms with E-state index in [1.165, 1.54) is 0 Å². The third kappa shape index (κ3) is 5.96. The summed E-state index contributed by atoms with van der Waals surface area (Å²) in [4.78, 5) is 39.9. The number of rotatable bonds is 5. The van der Waals surface area contributed by atoms with Crippen LogP contribution in [0.4, 0.5) is 5.69 Å². The van der Waals surface area contributed by atoms with Crippen molar-refractivity contribution in [3.8, 4) is 5.75 Å². The van der Waals surface area contributed by atoms with E-state index in [9.17, 15) is 14.4 Å². The summed E-state index contributed by atoms with van der Waals surface area (Å²) in [6.07, 6.45) is 2.06. The zero-order valence-electron chi connectivity index (χ0n) is 24.3. The van der Waals surface area contributed by atoms with E-state index in [2.05, 4.69) is 64.9 Å². The molecule has 41 heavy (non-hydrogen) atoms. The summed E-state index contributed by atoms with van der Waals surface area (Å²) in [5.74, 6) is 1.05. The quantitative estimate of drug-likeness (QED) is 0.343. The molecule has 5 rings (SSSR count). The number of allylic oxidation sites excluding steroid dienone is 4. The third-order valence-corrected chi connectivity index (χ3v) is 9.34. The van der Waals surface area contributed by atoms with Crippen molar-refractivity contribution in [2.75, 3.05) is 11.9 Å². The lowest BCUT2D eigenvalue weighted by molar-refractivity contribution is -0.120. The fourth-order valence-electron chi connectivity index (χ4n) is 6.10.